The Morgan fingerprint density at radius 3 is 2.63 bits per heavy atom. The van der Waals surface area contributed by atoms with Gasteiger partial charge in [-0.3, -0.25) is 9.59 Å². The Morgan fingerprint density at radius 2 is 2.05 bits per heavy atom. The summed E-state index contributed by atoms with van der Waals surface area (Å²) in [4.78, 5) is 24.8. The minimum atomic E-state index is -0.647. The highest BCUT2D eigenvalue weighted by Gasteiger charge is 2.18. The normalized spacial score (nSPS) is 10.4. The molecule has 0 saturated heterocycles. The van der Waals surface area contributed by atoms with E-state index in [-0.39, 0.29) is 29.7 Å². The predicted molar refractivity (Wildman–Crippen MR) is 71.1 cm³/mol. The van der Waals surface area contributed by atoms with Crippen molar-refractivity contribution in [1.29, 1.82) is 0 Å². The van der Waals surface area contributed by atoms with Crippen LogP contribution in [0.15, 0.2) is 18.2 Å². The number of nitrogens with zero attached hydrogens (tertiary/aromatic N) is 1. The maximum absolute atomic E-state index is 13.3. The zero-order valence-corrected chi connectivity index (χ0v) is 11.2. The molecular formula is C13H18FN3O2. The molecule has 3 N–H and O–H groups in total. The van der Waals surface area contributed by atoms with E-state index in [9.17, 15) is 14.0 Å². The van der Waals surface area contributed by atoms with Crippen LogP contribution in [-0.2, 0) is 4.79 Å². The Morgan fingerprint density at radius 1 is 1.42 bits per heavy atom. The van der Waals surface area contributed by atoms with Gasteiger partial charge >= 0.3 is 0 Å². The first kappa shape index (κ1) is 14.9. The summed E-state index contributed by atoms with van der Waals surface area (Å²) in [5.41, 5.74) is 5.36. The molecule has 5 nitrogen and oxygen atoms in total. The molecule has 6 heteroatoms. The number of carbonyl (C=O) groups excluding carboxylic acids is 2. The molecule has 0 heterocycles. The third-order valence-corrected chi connectivity index (χ3v) is 2.46. The van der Waals surface area contributed by atoms with Crippen molar-refractivity contribution >= 4 is 17.5 Å². The number of para-hydroxylation sites is 1. The lowest BCUT2D eigenvalue weighted by molar-refractivity contribution is -0.122. The molecule has 0 fully saturated rings. The summed E-state index contributed by atoms with van der Waals surface area (Å²) in [6, 6.07) is 4.01. The Labute approximate surface area is 111 Å². The van der Waals surface area contributed by atoms with E-state index >= 15 is 0 Å². The molecule has 104 valence electrons. The van der Waals surface area contributed by atoms with Crippen LogP contribution in [0, 0.1) is 5.82 Å². The van der Waals surface area contributed by atoms with Gasteiger partial charge in [-0.25, -0.2) is 4.39 Å². The molecule has 1 rings (SSSR count). The van der Waals surface area contributed by atoms with Gasteiger partial charge in [0.1, 0.15) is 5.82 Å². The van der Waals surface area contributed by atoms with E-state index in [1.807, 2.05) is 13.8 Å². The first-order valence-corrected chi connectivity index (χ1v) is 5.91. The molecule has 0 radical (unpaired) electrons. The number of nitrogens with one attached hydrogen (secondary N) is 1. The second kappa shape index (κ2) is 6.17. The summed E-state index contributed by atoms with van der Waals surface area (Å²) in [6.45, 7) is 3.54. The van der Waals surface area contributed by atoms with Crippen LogP contribution in [0.25, 0.3) is 0 Å². The Kier molecular flexibility index (Phi) is 4.86. The van der Waals surface area contributed by atoms with Gasteiger partial charge in [0, 0.05) is 13.1 Å². The zero-order valence-electron chi connectivity index (χ0n) is 11.2. The molecule has 0 aliphatic carbocycles. The molecule has 0 aliphatic heterocycles. The van der Waals surface area contributed by atoms with Crippen molar-refractivity contribution in [3.05, 3.63) is 29.6 Å². The van der Waals surface area contributed by atoms with Gasteiger partial charge in [-0.05, 0) is 26.0 Å². The summed E-state index contributed by atoms with van der Waals surface area (Å²) in [6.07, 6.45) is 0. The van der Waals surface area contributed by atoms with Gasteiger partial charge in [0.15, 0.2) is 0 Å². The van der Waals surface area contributed by atoms with E-state index in [1.165, 1.54) is 30.1 Å². The number of amides is 2. The van der Waals surface area contributed by atoms with Gasteiger partial charge in [-0.15, -0.1) is 0 Å². The molecule has 2 amide bonds. The predicted octanol–water partition coefficient (Wildman–Crippen LogP) is 1.00. The SMILES string of the molecule is CC(C)NC(=O)CN(C)C(=O)c1cccc(F)c1N. The van der Waals surface area contributed by atoms with Crippen LogP contribution in [0.5, 0.6) is 0 Å². The summed E-state index contributed by atoms with van der Waals surface area (Å²) in [7, 11) is 1.46. The third kappa shape index (κ3) is 3.94. The lowest BCUT2D eigenvalue weighted by atomic mass is 10.1. The lowest BCUT2D eigenvalue weighted by Gasteiger charge is -2.18. The molecule has 1 aromatic rings. The highest BCUT2D eigenvalue weighted by Crippen LogP contribution is 2.17. The molecule has 0 unspecified atom stereocenters. The highest BCUT2D eigenvalue weighted by atomic mass is 19.1. The van der Waals surface area contributed by atoms with Crippen molar-refractivity contribution in [3.63, 3.8) is 0 Å². The van der Waals surface area contributed by atoms with Crippen LogP contribution in [-0.4, -0.2) is 36.3 Å². The molecule has 0 atom stereocenters. The third-order valence-electron chi connectivity index (χ3n) is 2.46. The average Bonchev–Trinajstić information content (AvgIpc) is 2.30. The Balaban J connectivity index is 2.77. The first-order chi connectivity index (χ1) is 8.82. The fraction of sp³-hybridized carbons (Fsp3) is 0.385. The molecule has 0 spiro atoms. The monoisotopic (exact) mass is 267 g/mol. The molecule has 0 bridgehead atoms. The summed E-state index contributed by atoms with van der Waals surface area (Å²) < 4.78 is 13.3. The number of halogens is 1. The van der Waals surface area contributed by atoms with E-state index in [0.717, 1.165) is 0 Å². The molecule has 0 aliphatic rings. The van der Waals surface area contributed by atoms with E-state index in [1.54, 1.807) is 0 Å². The van der Waals surface area contributed by atoms with Gasteiger partial charge in [-0.2, -0.15) is 0 Å². The van der Waals surface area contributed by atoms with Crippen LogP contribution in [0.2, 0.25) is 0 Å². The van der Waals surface area contributed by atoms with Gasteiger partial charge in [0.25, 0.3) is 5.91 Å². The van der Waals surface area contributed by atoms with Gasteiger partial charge in [0.2, 0.25) is 5.91 Å². The number of benzene rings is 1. The van der Waals surface area contributed by atoms with Gasteiger partial charge in [0.05, 0.1) is 17.8 Å². The highest BCUT2D eigenvalue weighted by molar-refractivity contribution is 6.00. The summed E-state index contributed by atoms with van der Waals surface area (Å²) >= 11 is 0. The van der Waals surface area contributed by atoms with Crippen LogP contribution < -0.4 is 11.1 Å². The molecule has 0 aromatic heterocycles. The van der Waals surface area contributed by atoms with Crippen molar-refractivity contribution in [1.82, 2.24) is 10.2 Å². The zero-order chi connectivity index (χ0) is 14.6. The minimum absolute atomic E-state index is 0.00441. The van der Waals surface area contributed by atoms with Crippen LogP contribution in [0.1, 0.15) is 24.2 Å². The molecular weight excluding hydrogens is 249 g/mol. The van der Waals surface area contributed by atoms with Crippen molar-refractivity contribution < 1.29 is 14.0 Å². The maximum Gasteiger partial charge on any atom is 0.256 e. The summed E-state index contributed by atoms with van der Waals surface area (Å²) in [5.74, 6) is -1.41. The van der Waals surface area contributed by atoms with E-state index < -0.39 is 11.7 Å². The summed E-state index contributed by atoms with van der Waals surface area (Å²) in [5, 5.41) is 2.67. The number of rotatable bonds is 4. The van der Waals surface area contributed by atoms with Gasteiger partial charge < -0.3 is 16.0 Å². The van der Waals surface area contributed by atoms with Crippen LogP contribution in [0.4, 0.5) is 10.1 Å². The number of hydrogen-bond donors (Lipinski definition) is 2. The number of carbonyl (C=O) groups is 2. The number of nitrogens with two attached hydrogens (primary N) is 1. The van der Waals surface area contributed by atoms with E-state index in [0.29, 0.717) is 0 Å². The fourth-order valence-corrected chi connectivity index (χ4v) is 1.58. The van der Waals surface area contributed by atoms with Gasteiger partial charge in [-0.1, -0.05) is 6.07 Å². The van der Waals surface area contributed by atoms with E-state index in [2.05, 4.69) is 5.32 Å². The molecule has 1 aromatic carbocycles. The number of nitrogen functional groups attached to an aromatic ring is 1. The second-order valence-electron chi connectivity index (χ2n) is 4.58. The molecule has 19 heavy (non-hydrogen) atoms. The van der Waals surface area contributed by atoms with Crippen molar-refractivity contribution in [2.75, 3.05) is 19.3 Å². The fourth-order valence-electron chi connectivity index (χ4n) is 1.58. The van der Waals surface area contributed by atoms with Crippen LogP contribution in [0.3, 0.4) is 0 Å². The quantitative estimate of drug-likeness (QED) is 0.799. The lowest BCUT2D eigenvalue weighted by Crippen LogP contribution is -2.41. The topological polar surface area (TPSA) is 75.4 Å². The Bertz CT molecular complexity index is 489. The standard InChI is InChI=1S/C13H18FN3O2/c1-8(2)16-11(18)7-17(3)13(19)9-5-4-6-10(14)12(9)15/h4-6,8H,7,15H2,1-3H3,(H,16,18). The number of likely N-dealkylation sites (N-methyl/N-ethyl adjacent to an activating group) is 1. The van der Waals surface area contributed by atoms with E-state index in [4.69, 9.17) is 5.73 Å². The number of anilines is 1. The second-order valence-corrected chi connectivity index (χ2v) is 4.58. The smallest absolute Gasteiger partial charge is 0.256 e. The Hall–Kier alpha value is -2.11. The van der Waals surface area contributed by atoms with Crippen LogP contribution >= 0.6 is 0 Å². The van der Waals surface area contributed by atoms with Crippen molar-refractivity contribution in [3.8, 4) is 0 Å². The maximum atomic E-state index is 13.3. The first-order valence-electron chi connectivity index (χ1n) is 5.91. The van der Waals surface area contributed by atoms with Crippen molar-refractivity contribution in [2.24, 2.45) is 0 Å². The number of hydrogen-bond acceptors (Lipinski definition) is 3. The average molecular weight is 267 g/mol. The minimum Gasteiger partial charge on any atom is -0.396 e. The largest absolute Gasteiger partial charge is 0.396 e. The van der Waals surface area contributed by atoms with Crippen molar-refractivity contribution in [2.45, 2.75) is 19.9 Å². The molecule has 0 saturated carbocycles.